The van der Waals surface area contributed by atoms with E-state index in [9.17, 15) is 9.59 Å². The lowest BCUT2D eigenvalue weighted by molar-refractivity contribution is -0.178. The van der Waals surface area contributed by atoms with E-state index in [1.807, 2.05) is 0 Å². The van der Waals surface area contributed by atoms with Crippen molar-refractivity contribution in [2.24, 2.45) is 11.7 Å². The molecule has 0 heterocycles. The summed E-state index contributed by atoms with van der Waals surface area (Å²) in [5.74, 6) is 0.0757. The lowest BCUT2D eigenvalue weighted by atomic mass is 10.1. The Hall–Kier alpha value is -1.30. The van der Waals surface area contributed by atoms with Crippen LogP contribution in [-0.4, -0.2) is 37.3 Å². The van der Waals surface area contributed by atoms with E-state index in [0.29, 0.717) is 12.3 Å². The summed E-state index contributed by atoms with van der Waals surface area (Å²) >= 11 is 0. The number of primary amides is 1. The second-order valence-electron chi connectivity index (χ2n) is 3.62. The number of rotatable bonds is 5. The minimum Gasteiger partial charge on any atom is -0.436 e. The van der Waals surface area contributed by atoms with E-state index in [2.05, 4.69) is 0 Å². The van der Waals surface area contributed by atoms with Crippen molar-refractivity contribution in [3.63, 3.8) is 0 Å². The Kier molecular flexibility index (Phi) is 3.90. The quantitative estimate of drug-likeness (QED) is 0.669. The van der Waals surface area contributed by atoms with E-state index in [1.165, 1.54) is 14.2 Å². The van der Waals surface area contributed by atoms with Gasteiger partial charge in [-0.05, 0) is 12.3 Å². The molecule has 6 nitrogen and oxygen atoms in total. The zero-order chi connectivity index (χ0) is 11.4. The summed E-state index contributed by atoms with van der Waals surface area (Å²) in [6, 6.07) is 0. The molecule has 2 amide bonds. The molecule has 1 saturated carbocycles. The molecule has 0 radical (unpaired) electrons. The Bertz CT molecular complexity index is 252. The zero-order valence-electron chi connectivity index (χ0n) is 8.93. The molecule has 1 rings (SSSR count). The molecule has 0 aliphatic heterocycles. The van der Waals surface area contributed by atoms with Gasteiger partial charge in [0.05, 0.1) is 7.11 Å². The van der Waals surface area contributed by atoms with E-state index in [0.717, 1.165) is 17.9 Å². The summed E-state index contributed by atoms with van der Waals surface area (Å²) in [5, 5.41) is 1.04. The van der Waals surface area contributed by atoms with Crippen LogP contribution in [0.2, 0.25) is 0 Å². The Morgan fingerprint density at radius 3 is 2.53 bits per heavy atom. The van der Waals surface area contributed by atoms with Crippen LogP contribution in [0.4, 0.5) is 4.79 Å². The summed E-state index contributed by atoms with van der Waals surface area (Å²) in [6.45, 7) is 0. The van der Waals surface area contributed by atoms with Gasteiger partial charge in [0.2, 0.25) is 0 Å². The van der Waals surface area contributed by atoms with Crippen LogP contribution in [0.15, 0.2) is 0 Å². The molecule has 0 aromatic rings. The molecule has 1 atom stereocenters. The zero-order valence-corrected chi connectivity index (χ0v) is 8.93. The highest BCUT2D eigenvalue weighted by Crippen LogP contribution is 2.34. The Labute approximate surface area is 88.3 Å². The number of likely N-dealkylation sites (N-methyl/N-ethyl adjacent to an activating group) is 1. The van der Waals surface area contributed by atoms with Gasteiger partial charge in [-0.1, -0.05) is 12.8 Å². The van der Waals surface area contributed by atoms with Gasteiger partial charge in [0, 0.05) is 7.05 Å². The molecule has 2 N–H and O–H groups in total. The number of hydroxylamine groups is 2. The smallest absolute Gasteiger partial charge is 0.405 e. The molecule has 6 heteroatoms. The first-order chi connectivity index (χ1) is 7.04. The Morgan fingerprint density at radius 1 is 1.53 bits per heavy atom. The first kappa shape index (κ1) is 11.8. The molecule has 0 bridgehead atoms. The van der Waals surface area contributed by atoms with Gasteiger partial charge in [-0.25, -0.2) is 9.86 Å². The first-order valence-corrected chi connectivity index (χ1v) is 4.82. The second kappa shape index (κ2) is 4.97. The number of carbonyl (C=O) groups excluding carboxylic acids is 2. The highest BCUT2D eigenvalue weighted by atomic mass is 16.7. The predicted molar refractivity (Wildman–Crippen MR) is 51.6 cm³/mol. The summed E-state index contributed by atoms with van der Waals surface area (Å²) in [5.41, 5.74) is 4.90. The SMILES string of the molecule is CON(C)C(=O)[C@H](CC1CC1)OC(N)=O. The number of carbonyl (C=O) groups is 2. The standard InChI is InChI=1S/C9H16N2O4/c1-11(14-2)8(12)7(15-9(10)13)5-6-3-4-6/h6-7H,3-5H2,1-2H3,(H2,10,13)/t7-/m0/s1. The van der Waals surface area contributed by atoms with Gasteiger partial charge in [0.15, 0.2) is 6.10 Å². The monoisotopic (exact) mass is 216 g/mol. The summed E-state index contributed by atoms with van der Waals surface area (Å²) < 4.78 is 4.75. The molecule has 0 unspecified atom stereocenters. The molecule has 0 saturated heterocycles. The number of nitrogens with zero attached hydrogens (tertiary/aromatic N) is 1. The number of amides is 2. The van der Waals surface area contributed by atoms with E-state index in [-0.39, 0.29) is 5.91 Å². The van der Waals surface area contributed by atoms with Crippen LogP contribution in [0.5, 0.6) is 0 Å². The Morgan fingerprint density at radius 2 is 2.13 bits per heavy atom. The number of nitrogens with two attached hydrogens (primary N) is 1. The van der Waals surface area contributed by atoms with Crippen LogP contribution >= 0.6 is 0 Å². The molecule has 1 fully saturated rings. The maximum atomic E-state index is 11.6. The molecule has 1 aliphatic rings. The largest absolute Gasteiger partial charge is 0.436 e. The normalized spacial score (nSPS) is 16.9. The minimum absolute atomic E-state index is 0.386. The average molecular weight is 216 g/mol. The van der Waals surface area contributed by atoms with Gasteiger partial charge in [0.1, 0.15) is 0 Å². The van der Waals surface area contributed by atoms with Crippen LogP contribution in [-0.2, 0) is 14.4 Å². The molecule has 0 spiro atoms. The topological polar surface area (TPSA) is 81.9 Å². The maximum Gasteiger partial charge on any atom is 0.405 e. The van der Waals surface area contributed by atoms with E-state index in [4.69, 9.17) is 15.3 Å². The molecule has 86 valence electrons. The first-order valence-electron chi connectivity index (χ1n) is 4.82. The van der Waals surface area contributed by atoms with Gasteiger partial charge >= 0.3 is 6.09 Å². The van der Waals surface area contributed by atoms with Crippen molar-refractivity contribution in [1.82, 2.24) is 5.06 Å². The summed E-state index contributed by atoms with van der Waals surface area (Å²) in [4.78, 5) is 27.0. The third kappa shape index (κ3) is 3.75. The summed E-state index contributed by atoms with van der Waals surface area (Å²) in [7, 11) is 2.84. The highest BCUT2D eigenvalue weighted by Gasteiger charge is 2.33. The third-order valence-electron chi connectivity index (χ3n) is 2.36. The lowest BCUT2D eigenvalue weighted by Gasteiger charge is -2.20. The lowest BCUT2D eigenvalue weighted by Crippen LogP contribution is -2.39. The van der Waals surface area contributed by atoms with Crippen LogP contribution in [0, 0.1) is 5.92 Å². The van der Waals surface area contributed by atoms with Crippen molar-refractivity contribution < 1.29 is 19.2 Å². The van der Waals surface area contributed by atoms with Crippen molar-refractivity contribution in [3.05, 3.63) is 0 Å². The van der Waals surface area contributed by atoms with Crippen LogP contribution in [0.3, 0.4) is 0 Å². The van der Waals surface area contributed by atoms with E-state index in [1.54, 1.807) is 0 Å². The molecular weight excluding hydrogens is 200 g/mol. The van der Waals surface area contributed by atoms with E-state index < -0.39 is 12.2 Å². The minimum atomic E-state index is -0.932. The number of hydrogen-bond acceptors (Lipinski definition) is 4. The van der Waals surface area contributed by atoms with Gasteiger partial charge in [-0.2, -0.15) is 0 Å². The van der Waals surface area contributed by atoms with Crippen molar-refractivity contribution in [1.29, 1.82) is 0 Å². The maximum absolute atomic E-state index is 11.6. The molecule has 15 heavy (non-hydrogen) atoms. The van der Waals surface area contributed by atoms with Crippen LogP contribution < -0.4 is 5.73 Å². The van der Waals surface area contributed by atoms with Crippen LogP contribution in [0.25, 0.3) is 0 Å². The number of hydrogen-bond donors (Lipinski definition) is 1. The molecule has 0 aromatic heterocycles. The fraction of sp³-hybridized carbons (Fsp3) is 0.778. The fourth-order valence-electron chi connectivity index (χ4n) is 1.29. The fourth-order valence-corrected chi connectivity index (χ4v) is 1.29. The Balaban J connectivity index is 2.52. The summed E-state index contributed by atoms with van der Waals surface area (Å²) in [6.07, 6.45) is 0.916. The van der Waals surface area contributed by atoms with Gasteiger partial charge in [0.25, 0.3) is 5.91 Å². The third-order valence-corrected chi connectivity index (χ3v) is 2.36. The molecular formula is C9H16N2O4. The van der Waals surface area contributed by atoms with Crippen molar-refractivity contribution in [2.45, 2.75) is 25.4 Å². The van der Waals surface area contributed by atoms with Gasteiger partial charge in [-0.3, -0.25) is 9.63 Å². The van der Waals surface area contributed by atoms with Crippen molar-refractivity contribution >= 4 is 12.0 Å². The van der Waals surface area contributed by atoms with Gasteiger partial charge < -0.3 is 10.5 Å². The average Bonchev–Trinajstić information content (AvgIpc) is 2.97. The second-order valence-corrected chi connectivity index (χ2v) is 3.62. The van der Waals surface area contributed by atoms with Crippen molar-refractivity contribution in [3.8, 4) is 0 Å². The van der Waals surface area contributed by atoms with Crippen molar-refractivity contribution in [2.75, 3.05) is 14.2 Å². The van der Waals surface area contributed by atoms with Gasteiger partial charge in [-0.15, -0.1) is 0 Å². The van der Waals surface area contributed by atoms with E-state index >= 15 is 0 Å². The molecule has 1 aliphatic carbocycles. The molecule has 0 aromatic carbocycles. The number of ether oxygens (including phenoxy) is 1. The highest BCUT2D eigenvalue weighted by molar-refractivity contribution is 5.82. The predicted octanol–water partition coefficient (Wildman–Crippen LogP) is 0.270. The van der Waals surface area contributed by atoms with Crippen LogP contribution in [0.1, 0.15) is 19.3 Å².